The van der Waals surface area contributed by atoms with Gasteiger partial charge in [0.05, 0.1) is 6.04 Å². The predicted molar refractivity (Wildman–Crippen MR) is 74.0 cm³/mol. The summed E-state index contributed by atoms with van der Waals surface area (Å²) < 4.78 is 0. The molecule has 0 saturated carbocycles. The van der Waals surface area contributed by atoms with E-state index in [2.05, 4.69) is 38.3 Å². The van der Waals surface area contributed by atoms with Crippen LogP contribution in [0.3, 0.4) is 0 Å². The van der Waals surface area contributed by atoms with Crippen LogP contribution in [0.15, 0.2) is 0 Å². The molecule has 2 N–H and O–H groups in total. The maximum absolute atomic E-state index is 11.8. The molecule has 0 saturated heterocycles. The molecule has 1 amide bonds. The van der Waals surface area contributed by atoms with Crippen LogP contribution in [0, 0.1) is 5.92 Å². The van der Waals surface area contributed by atoms with Crippen molar-refractivity contribution in [1.29, 1.82) is 0 Å². The number of amides is 1. The molecule has 0 aliphatic rings. The van der Waals surface area contributed by atoms with Gasteiger partial charge in [-0.2, -0.15) is 0 Å². The summed E-state index contributed by atoms with van der Waals surface area (Å²) in [6, 6.07) is 0.380. The minimum absolute atomic E-state index is 0.0874. The van der Waals surface area contributed by atoms with Crippen molar-refractivity contribution in [3.8, 4) is 0 Å². The highest BCUT2D eigenvalue weighted by molar-refractivity contribution is 5.81. The van der Waals surface area contributed by atoms with Gasteiger partial charge in [0.1, 0.15) is 0 Å². The third kappa shape index (κ3) is 8.19. The maximum Gasteiger partial charge on any atom is 0.236 e. The molecule has 0 rings (SSSR count). The zero-order valence-corrected chi connectivity index (χ0v) is 12.2. The van der Waals surface area contributed by atoms with Crippen molar-refractivity contribution in [3.63, 3.8) is 0 Å². The molecule has 0 aliphatic carbocycles. The Kier molecular flexibility index (Phi) is 9.14. The third-order valence-corrected chi connectivity index (χ3v) is 2.96. The van der Waals surface area contributed by atoms with Gasteiger partial charge in [-0.25, -0.2) is 0 Å². The fraction of sp³-hybridized carbons (Fsp3) is 0.929. The summed E-state index contributed by atoms with van der Waals surface area (Å²) in [6.45, 7) is 11.3. The van der Waals surface area contributed by atoms with Gasteiger partial charge in [-0.3, -0.25) is 4.79 Å². The van der Waals surface area contributed by atoms with E-state index in [-0.39, 0.29) is 11.9 Å². The van der Waals surface area contributed by atoms with Gasteiger partial charge in [-0.15, -0.1) is 0 Å². The SMILES string of the molecule is CCCCC(CC)NC(C)C(=O)NCC(C)C. The lowest BCUT2D eigenvalue weighted by Crippen LogP contribution is -2.47. The average Bonchev–Trinajstić information content (AvgIpc) is 2.30. The summed E-state index contributed by atoms with van der Waals surface area (Å²) in [5, 5.41) is 6.38. The Morgan fingerprint density at radius 1 is 1.18 bits per heavy atom. The van der Waals surface area contributed by atoms with Gasteiger partial charge in [0, 0.05) is 12.6 Å². The highest BCUT2D eigenvalue weighted by Crippen LogP contribution is 2.05. The molecule has 0 aromatic carbocycles. The minimum atomic E-state index is -0.0874. The zero-order chi connectivity index (χ0) is 13.3. The number of hydrogen-bond acceptors (Lipinski definition) is 2. The van der Waals surface area contributed by atoms with E-state index >= 15 is 0 Å². The van der Waals surface area contributed by atoms with Crippen molar-refractivity contribution in [2.24, 2.45) is 5.92 Å². The quantitative estimate of drug-likeness (QED) is 0.653. The van der Waals surface area contributed by atoms with E-state index in [0.717, 1.165) is 19.4 Å². The molecule has 0 fully saturated rings. The summed E-state index contributed by atoms with van der Waals surface area (Å²) in [7, 11) is 0. The van der Waals surface area contributed by atoms with Crippen LogP contribution in [0.2, 0.25) is 0 Å². The van der Waals surface area contributed by atoms with Crippen molar-refractivity contribution in [2.75, 3.05) is 6.54 Å². The summed E-state index contributed by atoms with van der Waals surface area (Å²) in [5.41, 5.74) is 0. The first-order valence-corrected chi connectivity index (χ1v) is 7.04. The fourth-order valence-corrected chi connectivity index (χ4v) is 1.74. The molecule has 0 heterocycles. The number of carbonyl (C=O) groups excluding carboxylic acids is 1. The van der Waals surface area contributed by atoms with Gasteiger partial charge < -0.3 is 10.6 Å². The van der Waals surface area contributed by atoms with Gasteiger partial charge >= 0.3 is 0 Å². The third-order valence-electron chi connectivity index (χ3n) is 2.96. The molecule has 0 spiro atoms. The maximum atomic E-state index is 11.8. The molecule has 3 heteroatoms. The highest BCUT2D eigenvalue weighted by atomic mass is 16.2. The molecule has 102 valence electrons. The summed E-state index contributed by atoms with van der Waals surface area (Å²) in [5.74, 6) is 0.627. The van der Waals surface area contributed by atoms with Crippen LogP contribution < -0.4 is 10.6 Å². The Morgan fingerprint density at radius 2 is 1.82 bits per heavy atom. The normalized spacial score (nSPS) is 14.7. The molecular formula is C14H30N2O. The van der Waals surface area contributed by atoms with Gasteiger partial charge in [-0.05, 0) is 25.7 Å². The van der Waals surface area contributed by atoms with Crippen LogP contribution in [0.5, 0.6) is 0 Å². The van der Waals surface area contributed by atoms with E-state index in [0.29, 0.717) is 12.0 Å². The largest absolute Gasteiger partial charge is 0.354 e. The van der Waals surface area contributed by atoms with E-state index in [4.69, 9.17) is 0 Å². The molecule has 0 aromatic heterocycles. The van der Waals surface area contributed by atoms with Crippen LogP contribution in [0.25, 0.3) is 0 Å². The molecule has 2 atom stereocenters. The van der Waals surface area contributed by atoms with E-state index in [1.54, 1.807) is 0 Å². The van der Waals surface area contributed by atoms with Crippen molar-refractivity contribution in [3.05, 3.63) is 0 Å². The predicted octanol–water partition coefficient (Wildman–Crippen LogP) is 2.71. The Labute approximate surface area is 107 Å². The molecule has 3 nitrogen and oxygen atoms in total. The number of carbonyl (C=O) groups is 1. The first-order valence-electron chi connectivity index (χ1n) is 7.04. The van der Waals surface area contributed by atoms with E-state index in [1.807, 2.05) is 6.92 Å². The van der Waals surface area contributed by atoms with Crippen LogP contribution in [0.4, 0.5) is 0 Å². The van der Waals surface area contributed by atoms with Crippen molar-refractivity contribution in [2.45, 2.75) is 72.4 Å². The summed E-state index contributed by atoms with van der Waals surface area (Å²) >= 11 is 0. The molecule has 2 unspecified atom stereocenters. The molecular weight excluding hydrogens is 212 g/mol. The second-order valence-electron chi connectivity index (χ2n) is 5.27. The zero-order valence-electron chi connectivity index (χ0n) is 12.2. The smallest absolute Gasteiger partial charge is 0.236 e. The van der Waals surface area contributed by atoms with Crippen molar-refractivity contribution >= 4 is 5.91 Å². The number of nitrogens with one attached hydrogen (secondary N) is 2. The van der Waals surface area contributed by atoms with E-state index < -0.39 is 0 Å². The molecule has 0 radical (unpaired) electrons. The first kappa shape index (κ1) is 16.4. The van der Waals surface area contributed by atoms with Crippen LogP contribution in [-0.2, 0) is 4.79 Å². The Hall–Kier alpha value is -0.570. The number of unbranched alkanes of at least 4 members (excludes halogenated alkanes) is 1. The molecule has 0 aliphatic heterocycles. The Bertz CT molecular complexity index is 204. The lowest BCUT2D eigenvalue weighted by molar-refractivity contribution is -0.123. The summed E-state index contributed by atoms with van der Waals surface area (Å²) in [4.78, 5) is 11.8. The van der Waals surface area contributed by atoms with E-state index in [1.165, 1.54) is 12.8 Å². The van der Waals surface area contributed by atoms with Crippen LogP contribution in [0.1, 0.15) is 60.3 Å². The second-order valence-corrected chi connectivity index (χ2v) is 5.27. The average molecular weight is 242 g/mol. The first-order chi connectivity index (χ1) is 8.01. The lowest BCUT2D eigenvalue weighted by atomic mass is 10.1. The Balaban J connectivity index is 3.94. The molecule has 0 aromatic rings. The van der Waals surface area contributed by atoms with Gasteiger partial charge in [0.2, 0.25) is 5.91 Å². The molecule has 0 bridgehead atoms. The van der Waals surface area contributed by atoms with E-state index in [9.17, 15) is 4.79 Å². The number of hydrogen-bond donors (Lipinski definition) is 2. The topological polar surface area (TPSA) is 41.1 Å². The van der Waals surface area contributed by atoms with Gasteiger partial charge in [0.25, 0.3) is 0 Å². The minimum Gasteiger partial charge on any atom is -0.354 e. The molecule has 17 heavy (non-hydrogen) atoms. The lowest BCUT2D eigenvalue weighted by Gasteiger charge is -2.22. The van der Waals surface area contributed by atoms with Crippen molar-refractivity contribution < 1.29 is 4.79 Å². The van der Waals surface area contributed by atoms with Gasteiger partial charge in [-0.1, -0.05) is 40.5 Å². The number of rotatable bonds is 9. The van der Waals surface area contributed by atoms with Crippen LogP contribution in [-0.4, -0.2) is 24.5 Å². The van der Waals surface area contributed by atoms with Gasteiger partial charge in [0.15, 0.2) is 0 Å². The second kappa shape index (κ2) is 9.46. The monoisotopic (exact) mass is 242 g/mol. The fourth-order valence-electron chi connectivity index (χ4n) is 1.74. The standard InChI is InChI=1S/C14H30N2O/c1-6-8-9-13(7-2)16-12(5)14(17)15-10-11(3)4/h11-13,16H,6-10H2,1-5H3,(H,15,17). The van der Waals surface area contributed by atoms with Crippen molar-refractivity contribution in [1.82, 2.24) is 10.6 Å². The highest BCUT2D eigenvalue weighted by Gasteiger charge is 2.16. The van der Waals surface area contributed by atoms with Crippen LogP contribution >= 0.6 is 0 Å². The summed E-state index contributed by atoms with van der Waals surface area (Å²) in [6.07, 6.45) is 4.69. The Morgan fingerprint density at radius 3 is 2.29 bits per heavy atom.